The van der Waals surface area contributed by atoms with E-state index in [9.17, 15) is 5.11 Å². The maximum absolute atomic E-state index is 10.3. The van der Waals surface area contributed by atoms with Crippen molar-refractivity contribution in [3.8, 4) is 0 Å². The number of hydrogen-bond acceptors (Lipinski definition) is 2. The predicted octanol–water partition coefficient (Wildman–Crippen LogP) is 3.62. The molecule has 0 aliphatic heterocycles. The van der Waals surface area contributed by atoms with Gasteiger partial charge in [-0.1, -0.05) is 42.5 Å². The molecular formula is C19H25NO. The molecule has 2 aromatic carbocycles. The lowest BCUT2D eigenvalue weighted by atomic mass is 9.65. The van der Waals surface area contributed by atoms with Crippen LogP contribution in [0.2, 0.25) is 0 Å². The molecule has 1 fully saturated rings. The molecule has 0 radical (unpaired) electrons. The van der Waals surface area contributed by atoms with Crippen molar-refractivity contribution >= 4 is 10.8 Å². The van der Waals surface area contributed by atoms with E-state index in [0.717, 1.165) is 32.2 Å². The highest BCUT2D eigenvalue weighted by Gasteiger charge is 2.40. The van der Waals surface area contributed by atoms with Crippen LogP contribution in [0.5, 0.6) is 0 Å². The lowest BCUT2D eigenvalue weighted by Gasteiger charge is -2.43. The van der Waals surface area contributed by atoms with Crippen LogP contribution in [0.4, 0.5) is 0 Å². The molecule has 0 bridgehead atoms. The average molecular weight is 283 g/mol. The van der Waals surface area contributed by atoms with E-state index in [0.29, 0.717) is 0 Å². The lowest BCUT2D eigenvalue weighted by molar-refractivity contribution is 0.000342. The summed E-state index contributed by atoms with van der Waals surface area (Å²) in [6.45, 7) is 2.94. The minimum Gasteiger partial charge on any atom is -0.390 e. The van der Waals surface area contributed by atoms with Gasteiger partial charge in [0.1, 0.15) is 0 Å². The molecule has 2 heteroatoms. The summed E-state index contributed by atoms with van der Waals surface area (Å²) in [7, 11) is 2.02. The second-order valence-corrected chi connectivity index (χ2v) is 6.87. The normalized spacial score (nSPS) is 29.7. The maximum Gasteiger partial charge on any atom is 0.0620 e. The van der Waals surface area contributed by atoms with Crippen molar-refractivity contribution in [3.63, 3.8) is 0 Å². The first-order valence-electron chi connectivity index (χ1n) is 7.91. The Balaban J connectivity index is 1.99. The quantitative estimate of drug-likeness (QED) is 0.901. The fraction of sp³-hybridized carbons (Fsp3) is 0.474. The summed E-state index contributed by atoms with van der Waals surface area (Å²) in [4.78, 5) is 0. The van der Waals surface area contributed by atoms with Gasteiger partial charge < -0.3 is 10.4 Å². The van der Waals surface area contributed by atoms with Crippen LogP contribution in [0.25, 0.3) is 10.8 Å². The highest BCUT2D eigenvalue weighted by atomic mass is 16.3. The first-order chi connectivity index (χ1) is 10.0. The minimum atomic E-state index is -0.492. The molecule has 2 nitrogen and oxygen atoms in total. The highest BCUT2D eigenvalue weighted by Crippen LogP contribution is 2.43. The molecule has 21 heavy (non-hydrogen) atoms. The van der Waals surface area contributed by atoms with Gasteiger partial charge in [-0.3, -0.25) is 0 Å². The van der Waals surface area contributed by atoms with Gasteiger partial charge in [-0.15, -0.1) is 0 Å². The molecule has 0 saturated heterocycles. The van der Waals surface area contributed by atoms with Gasteiger partial charge in [-0.05, 0) is 56.0 Å². The van der Waals surface area contributed by atoms with Crippen LogP contribution in [0.1, 0.15) is 38.2 Å². The van der Waals surface area contributed by atoms with E-state index >= 15 is 0 Å². The number of aliphatic hydroxyl groups is 1. The molecule has 1 saturated carbocycles. The number of nitrogens with one attached hydrogen (secondary N) is 1. The van der Waals surface area contributed by atoms with Crippen LogP contribution in [0, 0.1) is 0 Å². The van der Waals surface area contributed by atoms with Gasteiger partial charge in [0.25, 0.3) is 0 Å². The van der Waals surface area contributed by atoms with Crippen LogP contribution in [-0.4, -0.2) is 24.3 Å². The second kappa shape index (κ2) is 5.43. The van der Waals surface area contributed by atoms with E-state index in [2.05, 4.69) is 47.8 Å². The number of likely N-dealkylation sites (N-methyl/N-ethyl adjacent to an activating group) is 1. The Kier molecular flexibility index (Phi) is 3.76. The van der Waals surface area contributed by atoms with E-state index in [1.807, 2.05) is 14.0 Å². The first-order valence-corrected chi connectivity index (χ1v) is 7.91. The molecule has 3 rings (SSSR count). The van der Waals surface area contributed by atoms with Gasteiger partial charge in [-0.25, -0.2) is 0 Å². The number of hydrogen-bond donors (Lipinski definition) is 2. The van der Waals surface area contributed by atoms with Crippen molar-refractivity contribution in [2.24, 2.45) is 0 Å². The molecule has 1 aliphatic rings. The van der Waals surface area contributed by atoms with E-state index in [4.69, 9.17) is 0 Å². The molecule has 0 spiro atoms. The Labute approximate surface area is 127 Å². The zero-order chi connectivity index (χ0) is 14.9. The van der Waals surface area contributed by atoms with Crippen molar-refractivity contribution < 1.29 is 5.11 Å². The summed E-state index contributed by atoms with van der Waals surface area (Å²) in [5.74, 6) is 0. The molecule has 112 valence electrons. The molecule has 0 heterocycles. The summed E-state index contributed by atoms with van der Waals surface area (Å²) < 4.78 is 0. The Hall–Kier alpha value is -1.38. The SMILES string of the molecule is CNC[C@]1(c2ccc3ccccc3c2)CC[C@](C)(O)CC1. The third kappa shape index (κ3) is 2.83. The lowest BCUT2D eigenvalue weighted by Crippen LogP contribution is -2.44. The monoisotopic (exact) mass is 283 g/mol. The van der Waals surface area contributed by atoms with Gasteiger partial charge in [0.15, 0.2) is 0 Å². The van der Waals surface area contributed by atoms with E-state index < -0.39 is 5.60 Å². The van der Waals surface area contributed by atoms with Gasteiger partial charge in [0.05, 0.1) is 5.60 Å². The molecule has 0 unspecified atom stereocenters. The van der Waals surface area contributed by atoms with E-state index in [-0.39, 0.29) is 5.41 Å². The van der Waals surface area contributed by atoms with Crippen molar-refractivity contribution in [2.75, 3.05) is 13.6 Å². The fourth-order valence-electron chi connectivity index (χ4n) is 3.69. The molecular weight excluding hydrogens is 258 g/mol. The maximum atomic E-state index is 10.3. The Bertz CT molecular complexity index is 622. The Morgan fingerprint density at radius 1 is 1.00 bits per heavy atom. The Morgan fingerprint density at radius 3 is 2.33 bits per heavy atom. The molecule has 0 amide bonds. The topological polar surface area (TPSA) is 32.3 Å². The van der Waals surface area contributed by atoms with Gasteiger partial charge >= 0.3 is 0 Å². The summed E-state index contributed by atoms with van der Waals surface area (Å²) in [5, 5.41) is 16.2. The van der Waals surface area contributed by atoms with Crippen LogP contribution >= 0.6 is 0 Å². The summed E-state index contributed by atoms with van der Waals surface area (Å²) >= 11 is 0. The predicted molar refractivity (Wildman–Crippen MR) is 88.6 cm³/mol. The highest BCUT2D eigenvalue weighted by molar-refractivity contribution is 5.83. The van der Waals surface area contributed by atoms with Gasteiger partial charge in [-0.2, -0.15) is 0 Å². The smallest absolute Gasteiger partial charge is 0.0620 e. The number of fused-ring (bicyclic) bond motifs is 1. The number of rotatable bonds is 3. The first kappa shape index (κ1) is 14.6. The molecule has 0 aromatic heterocycles. The van der Waals surface area contributed by atoms with Crippen LogP contribution in [0.15, 0.2) is 42.5 Å². The molecule has 0 atom stereocenters. The zero-order valence-electron chi connectivity index (χ0n) is 13.0. The largest absolute Gasteiger partial charge is 0.390 e. The fourth-order valence-corrected chi connectivity index (χ4v) is 3.69. The van der Waals surface area contributed by atoms with Crippen LogP contribution in [-0.2, 0) is 5.41 Å². The zero-order valence-corrected chi connectivity index (χ0v) is 13.0. The van der Waals surface area contributed by atoms with Gasteiger partial charge in [0, 0.05) is 12.0 Å². The molecule has 2 N–H and O–H groups in total. The minimum absolute atomic E-state index is 0.154. The third-order valence-corrected chi connectivity index (χ3v) is 5.16. The third-order valence-electron chi connectivity index (χ3n) is 5.16. The van der Waals surface area contributed by atoms with Crippen molar-refractivity contribution in [3.05, 3.63) is 48.0 Å². The number of benzene rings is 2. The molecule has 1 aliphatic carbocycles. The van der Waals surface area contributed by atoms with E-state index in [1.165, 1.54) is 16.3 Å². The second-order valence-electron chi connectivity index (χ2n) is 6.87. The van der Waals surface area contributed by atoms with Crippen LogP contribution in [0.3, 0.4) is 0 Å². The van der Waals surface area contributed by atoms with Crippen molar-refractivity contribution in [2.45, 2.75) is 43.6 Å². The van der Waals surface area contributed by atoms with Gasteiger partial charge in [0.2, 0.25) is 0 Å². The van der Waals surface area contributed by atoms with Crippen molar-refractivity contribution in [1.29, 1.82) is 0 Å². The summed E-state index contributed by atoms with van der Waals surface area (Å²) in [6.07, 6.45) is 3.83. The van der Waals surface area contributed by atoms with Crippen LogP contribution < -0.4 is 5.32 Å². The Morgan fingerprint density at radius 2 is 1.67 bits per heavy atom. The average Bonchev–Trinajstić information content (AvgIpc) is 2.49. The standard InChI is InChI=1S/C19H25NO/c1-18(21)9-11-19(12-10-18,14-20-2)17-8-7-15-5-3-4-6-16(15)13-17/h3-8,13,20-21H,9-12,14H2,1-2H3/t18-,19-. The molecule has 2 aromatic rings. The summed E-state index contributed by atoms with van der Waals surface area (Å²) in [5.41, 5.74) is 1.07. The summed E-state index contributed by atoms with van der Waals surface area (Å²) in [6, 6.07) is 15.4. The van der Waals surface area contributed by atoms with Crippen molar-refractivity contribution in [1.82, 2.24) is 5.32 Å². The van der Waals surface area contributed by atoms with E-state index in [1.54, 1.807) is 0 Å².